The normalized spacial score (nSPS) is 13.2. The molecule has 0 fully saturated rings. The molecule has 110 valence electrons. The molecule has 6 nitrogen and oxygen atoms in total. The Hall–Kier alpha value is -0.890. The van der Waals surface area contributed by atoms with Gasteiger partial charge in [0, 0.05) is 30.5 Å². The lowest BCUT2D eigenvalue weighted by molar-refractivity contribution is 0.199. The summed E-state index contributed by atoms with van der Waals surface area (Å²) in [5.74, 6) is 0. The van der Waals surface area contributed by atoms with Gasteiger partial charge < -0.3 is 15.2 Å². The largest absolute Gasteiger partial charge is 0.363 e. The number of hydrogen-bond donors (Lipinski definition) is 3. The second-order valence-corrected chi connectivity index (χ2v) is 7.19. The minimum absolute atomic E-state index is 0.239. The summed E-state index contributed by atoms with van der Waals surface area (Å²) in [6, 6.07) is 1.64. The zero-order valence-electron chi connectivity index (χ0n) is 12.2. The average molecular weight is 288 g/mol. The maximum atomic E-state index is 12.1. The van der Waals surface area contributed by atoms with Gasteiger partial charge in [0.25, 0.3) is 0 Å². The molecule has 0 radical (unpaired) electrons. The molecule has 1 aromatic heterocycles. The van der Waals surface area contributed by atoms with Crippen LogP contribution in [-0.4, -0.2) is 51.5 Å². The summed E-state index contributed by atoms with van der Waals surface area (Å²) in [4.78, 5) is 5.20. The van der Waals surface area contributed by atoms with E-state index in [4.69, 9.17) is 0 Å². The molecule has 0 saturated carbocycles. The van der Waals surface area contributed by atoms with E-state index in [-0.39, 0.29) is 10.4 Å². The number of sulfonamides is 1. The summed E-state index contributed by atoms with van der Waals surface area (Å²) < 4.78 is 26.9. The van der Waals surface area contributed by atoms with Gasteiger partial charge in [-0.25, -0.2) is 13.1 Å². The molecular weight excluding hydrogens is 264 g/mol. The zero-order chi connectivity index (χ0) is 14.7. The smallest absolute Gasteiger partial charge is 0.242 e. The molecule has 0 aliphatic heterocycles. The Morgan fingerprint density at radius 1 is 1.37 bits per heavy atom. The number of nitrogens with one attached hydrogen (secondary N) is 3. The minimum atomic E-state index is -3.46. The quantitative estimate of drug-likeness (QED) is 0.677. The molecule has 0 saturated heterocycles. The first-order chi connectivity index (χ1) is 8.69. The van der Waals surface area contributed by atoms with E-state index in [1.165, 1.54) is 6.20 Å². The molecule has 1 rings (SSSR count). The van der Waals surface area contributed by atoms with E-state index < -0.39 is 10.0 Å². The number of aromatic amines is 1. The number of H-pyrrole nitrogens is 1. The van der Waals surface area contributed by atoms with E-state index in [0.717, 1.165) is 5.69 Å². The number of likely N-dealkylation sites (N-methyl/N-ethyl adjacent to an activating group) is 1. The molecular formula is C12H24N4O2S. The third-order valence-corrected chi connectivity index (χ3v) is 4.68. The molecule has 19 heavy (non-hydrogen) atoms. The van der Waals surface area contributed by atoms with Gasteiger partial charge in [-0.05, 0) is 41.1 Å². The third-order valence-electron chi connectivity index (χ3n) is 3.30. The van der Waals surface area contributed by atoms with Crippen molar-refractivity contribution in [2.24, 2.45) is 0 Å². The van der Waals surface area contributed by atoms with Crippen molar-refractivity contribution in [1.29, 1.82) is 0 Å². The molecule has 0 aromatic carbocycles. The topological polar surface area (TPSA) is 77.2 Å². The molecule has 0 bridgehead atoms. The van der Waals surface area contributed by atoms with Gasteiger partial charge in [0.05, 0.1) is 4.90 Å². The lowest BCUT2D eigenvalue weighted by atomic mass is 10.1. The van der Waals surface area contributed by atoms with Crippen LogP contribution in [0.15, 0.2) is 17.2 Å². The highest BCUT2D eigenvalue weighted by atomic mass is 32.2. The predicted octanol–water partition coefficient (Wildman–Crippen LogP) is 0.353. The van der Waals surface area contributed by atoms with Crippen LogP contribution >= 0.6 is 0 Å². The number of rotatable bonds is 7. The van der Waals surface area contributed by atoms with Crippen LogP contribution in [0.1, 0.15) is 19.5 Å². The monoisotopic (exact) mass is 288 g/mol. The Balaban J connectivity index is 2.75. The fourth-order valence-electron chi connectivity index (χ4n) is 1.38. The lowest BCUT2D eigenvalue weighted by Gasteiger charge is -2.32. The number of nitrogens with zero attached hydrogens (tertiary/aromatic N) is 1. The van der Waals surface area contributed by atoms with E-state index in [1.54, 1.807) is 6.07 Å². The van der Waals surface area contributed by atoms with Crippen LogP contribution in [-0.2, 0) is 16.6 Å². The molecule has 0 amide bonds. The fraction of sp³-hybridized carbons (Fsp3) is 0.667. The summed E-state index contributed by atoms with van der Waals surface area (Å²) in [6.45, 7) is 4.94. The molecule has 0 aliphatic carbocycles. The van der Waals surface area contributed by atoms with Crippen LogP contribution in [0.5, 0.6) is 0 Å². The van der Waals surface area contributed by atoms with Crippen molar-refractivity contribution < 1.29 is 8.42 Å². The standard InChI is InChI=1S/C12H24N4O2S/c1-12(2,16(4)5)9-15-19(17,18)11-6-10(7-13-3)14-8-11/h6,8,13-15H,7,9H2,1-5H3. The first kappa shape index (κ1) is 16.2. The summed E-state index contributed by atoms with van der Waals surface area (Å²) in [7, 11) is 2.20. The van der Waals surface area contributed by atoms with Crippen LogP contribution < -0.4 is 10.0 Å². The van der Waals surface area contributed by atoms with Crippen molar-refractivity contribution >= 4 is 10.0 Å². The predicted molar refractivity (Wildman–Crippen MR) is 76.5 cm³/mol. The van der Waals surface area contributed by atoms with Crippen molar-refractivity contribution in [3.05, 3.63) is 18.0 Å². The van der Waals surface area contributed by atoms with Gasteiger partial charge in [-0.3, -0.25) is 0 Å². The van der Waals surface area contributed by atoms with E-state index in [0.29, 0.717) is 13.1 Å². The maximum absolute atomic E-state index is 12.1. The second-order valence-electron chi connectivity index (χ2n) is 5.42. The molecule has 7 heteroatoms. The Morgan fingerprint density at radius 2 is 2.00 bits per heavy atom. The molecule has 1 heterocycles. The fourth-order valence-corrected chi connectivity index (χ4v) is 2.60. The van der Waals surface area contributed by atoms with Gasteiger partial charge in [0.1, 0.15) is 0 Å². The van der Waals surface area contributed by atoms with E-state index in [1.807, 2.05) is 39.9 Å². The van der Waals surface area contributed by atoms with E-state index in [9.17, 15) is 8.42 Å². The Morgan fingerprint density at radius 3 is 2.53 bits per heavy atom. The van der Waals surface area contributed by atoms with Gasteiger partial charge in [0.2, 0.25) is 10.0 Å². The van der Waals surface area contributed by atoms with Gasteiger partial charge in [0.15, 0.2) is 0 Å². The van der Waals surface area contributed by atoms with Crippen LogP contribution in [0.4, 0.5) is 0 Å². The molecule has 0 spiro atoms. The maximum Gasteiger partial charge on any atom is 0.242 e. The first-order valence-electron chi connectivity index (χ1n) is 6.18. The molecule has 0 atom stereocenters. The van der Waals surface area contributed by atoms with Gasteiger partial charge in [-0.2, -0.15) is 0 Å². The molecule has 3 N–H and O–H groups in total. The second kappa shape index (κ2) is 6.04. The van der Waals surface area contributed by atoms with E-state index in [2.05, 4.69) is 15.0 Å². The Labute approximate surface area is 115 Å². The highest BCUT2D eigenvalue weighted by molar-refractivity contribution is 7.89. The van der Waals surface area contributed by atoms with Crippen molar-refractivity contribution in [3.63, 3.8) is 0 Å². The van der Waals surface area contributed by atoms with Gasteiger partial charge in [-0.15, -0.1) is 0 Å². The third kappa shape index (κ3) is 4.31. The van der Waals surface area contributed by atoms with Gasteiger partial charge >= 0.3 is 0 Å². The minimum Gasteiger partial charge on any atom is -0.363 e. The Bertz CT molecular complexity index is 506. The van der Waals surface area contributed by atoms with Crippen LogP contribution in [0.3, 0.4) is 0 Å². The highest BCUT2D eigenvalue weighted by Gasteiger charge is 2.24. The average Bonchev–Trinajstić information content (AvgIpc) is 2.76. The molecule has 0 aliphatic rings. The lowest BCUT2D eigenvalue weighted by Crippen LogP contribution is -2.48. The summed E-state index contributed by atoms with van der Waals surface area (Å²) in [5.41, 5.74) is 0.603. The van der Waals surface area contributed by atoms with Crippen LogP contribution in [0, 0.1) is 0 Å². The van der Waals surface area contributed by atoms with Crippen molar-refractivity contribution in [3.8, 4) is 0 Å². The van der Waals surface area contributed by atoms with Crippen LogP contribution in [0.25, 0.3) is 0 Å². The summed E-state index contributed by atoms with van der Waals surface area (Å²) in [5, 5.41) is 2.97. The van der Waals surface area contributed by atoms with E-state index >= 15 is 0 Å². The SMILES string of the molecule is CNCc1cc(S(=O)(=O)NCC(C)(C)N(C)C)c[nH]1. The Kier molecular flexibility index (Phi) is 5.14. The molecule has 0 unspecified atom stereocenters. The number of hydrogen-bond acceptors (Lipinski definition) is 4. The van der Waals surface area contributed by atoms with Crippen LogP contribution in [0.2, 0.25) is 0 Å². The first-order valence-corrected chi connectivity index (χ1v) is 7.66. The van der Waals surface area contributed by atoms with Crippen molar-refractivity contribution in [2.45, 2.75) is 30.8 Å². The molecule has 1 aromatic rings. The van der Waals surface area contributed by atoms with Crippen molar-refractivity contribution in [2.75, 3.05) is 27.7 Å². The number of aromatic nitrogens is 1. The van der Waals surface area contributed by atoms with Crippen molar-refractivity contribution in [1.82, 2.24) is 19.9 Å². The highest BCUT2D eigenvalue weighted by Crippen LogP contribution is 2.13. The zero-order valence-corrected chi connectivity index (χ0v) is 13.1. The summed E-state index contributed by atoms with van der Waals surface area (Å²) in [6.07, 6.45) is 1.51. The van der Waals surface area contributed by atoms with Gasteiger partial charge in [-0.1, -0.05) is 0 Å². The summed E-state index contributed by atoms with van der Waals surface area (Å²) >= 11 is 0.